The van der Waals surface area contributed by atoms with E-state index in [9.17, 15) is 0 Å². The molecule has 1 unspecified atom stereocenters. The van der Waals surface area contributed by atoms with E-state index in [0.29, 0.717) is 12.4 Å². The number of hydrogen-bond acceptors (Lipinski definition) is 5. The molecular weight excluding hydrogens is 427 g/mol. The number of rotatable bonds is 5. The van der Waals surface area contributed by atoms with Gasteiger partial charge in [0.1, 0.15) is 18.1 Å². The van der Waals surface area contributed by atoms with E-state index >= 15 is 0 Å². The molecule has 0 bridgehead atoms. The maximum atomic E-state index is 6.24. The zero-order chi connectivity index (χ0) is 24.3. The lowest BCUT2D eigenvalue weighted by Gasteiger charge is -2.32. The summed E-state index contributed by atoms with van der Waals surface area (Å²) in [5.74, 6) is 2.96. The van der Waals surface area contributed by atoms with E-state index < -0.39 is 0 Å². The Hall–Kier alpha value is -2.96. The number of para-hydroxylation sites is 2. The van der Waals surface area contributed by atoms with Gasteiger partial charge in [-0.15, -0.1) is 0 Å². The van der Waals surface area contributed by atoms with Crippen LogP contribution >= 0.6 is 0 Å². The van der Waals surface area contributed by atoms with Crippen molar-refractivity contribution in [1.82, 2.24) is 0 Å². The van der Waals surface area contributed by atoms with Crippen molar-refractivity contribution in [3.63, 3.8) is 0 Å². The van der Waals surface area contributed by atoms with Crippen molar-refractivity contribution in [3.8, 4) is 23.0 Å². The lowest BCUT2D eigenvalue weighted by Crippen LogP contribution is -2.41. The number of benzene rings is 3. The molecule has 34 heavy (non-hydrogen) atoms. The quantitative estimate of drug-likeness (QED) is 0.417. The Labute approximate surface area is 203 Å². The van der Waals surface area contributed by atoms with Gasteiger partial charge in [-0.25, -0.2) is 0 Å². The highest BCUT2D eigenvalue weighted by molar-refractivity contribution is 6.62. The molecule has 0 saturated carbocycles. The third kappa shape index (κ3) is 4.79. The van der Waals surface area contributed by atoms with E-state index in [0.717, 1.165) is 28.3 Å². The molecule has 2 aliphatic rings. The fourth-order valence-corrected chi connectivity index (χ4v) is 3.83. The van der Waals surface area contributed by atoms with Crippen molar-refractivity contribution in [1.29, 1.82) is 0 Å². The molecule has 0 amide bonds. The first-order valence-corrected chi connectivity index (χ1v) is 11.9. The molecule has 6 heteroatoms. The molecule has 3 aromatic rings. The minimum Gasteiger partial charge on any atom is -0.485 e. The average molecular weight is 460 g/mol. The van der Waals surface area contributed by atoms with Gasteiger partial charge in [-0.3, -0.25) is 0 Å². The average Bonchev–Trinajstić information content (AvgIpc) is 3.34. The highest BCUT2D eigenvalue weighted by Crippen LogP contribution is 2.43. The van der Waals surface area contributed by atoms with Gasteiger partial charge in [0.2, 0.25) is 0 Å². The summed E-state index contributed by atoms with van der Waals surface area (Å²) >= 11 is 0. The lowest BCUT2D eigenvalue weighted by atomic mass is 9.79. The van der Waals surface area contributed by atoms with E-state index in [4.69, 9.17) is 23.5 Å². The summed E-state index contributed by atoms with van der Waals surface area (Å²) in [7, 11) is -0.387. The standard InChI is InChI=1S/C26H27BO5.C2H6/c1-25(2)26(3,4)32-27(31-25)18-13-15-20(16-14-18)30-23-17-28-24-21(23)11-8-12-22(24)29-19-9-6-5-7-10-19;1-2/h5-16,23H,17H2,1-4H3;1-2H3. The maximum Gasteiger partial charge on any atom is 0.494 e. The molecule has 0 radical (unpaired) electrons. The number of hydrogen-bond donors (Lipinski definition) is 0. The van der Waals surface area contributed by atoms with Crippen molar-refractivity contribution >= 4 is 12.6 Å². The molecular formula is C28H33BO5. The highest BCUT2D eigenvalue weighted by atomic mass is 16.7. The van der Waals surface area contributed by atoms with Gasteiger partial charge >= 0.3 is 7.12 Å². The predicted octanol–water partition coefficient (Wildman–Crippen LogP) is 6.32. The first-order valence-electron chi connectivity index (χ1n) is 11.9. The van der Waals surface area contributed by atoms with Gasteiger partial charge in [-0.2, -0.15) is 0 Å². The zero-order valence-corrected chi connectivity index (χ0v) is 20.8. The van der Waals surface area contributed by atoms with Gasteiger partial charge in [0, 0.05) is 5.56 Å². The fourth-order valence-electron chi connectivity index (χ4n) is 3.83. The van der Waals surface area contributed by atoms with Crippen LogP contribution in [0.3, 0.4) is 0 Å². The van der Waals surface area contributed by atoms with E-state index in [2.05, 4.69) is 27.7 Å². The SMILES string of the molecule is CC.CC1(C)OB(c2ccc(OC3COc4c(Oc5ccccc5)cccc43)cc2)OC1(C)C. The molecule has 5 rings (SSSR count). The van der Waals surface area contributed by atoms with Crippen LogP contribution in [-0.4, -0.2) is 24.9 Å². The summed E-state index contributed by atoms with van der Waals surface area (Å²) < 4.78 is 30.5. The second kappa shape index (κ2) is 9.73. The Morgan fingerprint density at radius 2 is 1.41 bits per heavy atom. The second-order valence-electron chi connectivity index (χ2n) is 9.16. The predicted molar refractivity (Wildman–Crippen MR) is 135 cm³/mol. The number of fused-ring (bicyclic) bond motifs is 1. The molecule has 0 spiro atoms. The Bertz CT molecular complexity index is 1080. The Morgan fingerprint density at radius 1 is 0.765 bits per heavy atom. The van der Waals surface area contributed by atoms with Crippen molar-refractivity contribution in [2.24, 2.45) is 0 Å². The third-order valence-corrected chi connectivity index (χ3v) is 6.39. The molecule has 0 aromatic heterocycles. The monoisotopic (exact) mass is 460 g/mol. The van der Waals surface area contributed by atoms with Crippen LogP contribution in [0.4, 0.5) is 0 Å². The molecule has 0 aliphatic carbocycles. The summed E-state index contributed by atoms with van der Waals surface area (Å²) in [6, 6.07) is 23.4. The van der Waals surface area contributed by atoms with Gasteiger partial charge in [0.15, 0.2) is 17.6 Å². The summed E-state index contributed by atoms with van der Waals surface area (Å²) in [5, 5.41) is 0. The van der Waals surface area contributed by atoms with E-state index in [1.807, 2.05) is 86.6 Å². The van der Waals surface area contributed by atoms with Gasteiger partial charge < -0.3 is 23.5 Å². The van der Waals surface area contributed by atoms with Crippen LogP contribution in [0.5, 0.6) is 23.0 Å². The highest BCUT2D eigenvalue weighted by Gasteiger charge is 2.51. The van der Waals surface area contributed by atoms with Crippen LogP contribution in [0.25, 0.3) is 0 Å². The summed E-state index contributed by atoms with van der Waals surface area (Å²) in [6.07, 6.45) is -0.202. The van der Waals surface area contributed by atoms with Crippen LogP contribution in [0.1, 0.15) is 53.2 Å². The smallest absolute Gasteiger partial charge is 0.485 e. The van der Waals surface area contributed by atoms with Crippen LogP contribution < -0.4 is 19.7 Å². The van der Waals surface area contributed by atoms with E-state index in [-0.39, 0.29) is 24.4 Å². The topological polar surface area (TPSA) is 46.2 Å². The third-order valence-electron chi connectivity index (χ3n) is 6.39. The van der Waals surface area contributed by atoms with E-state index in [1.54, 1.807) is 0 Å². The van der Waals surface area contributed by atoms with E-state index in [1.165, 1.54) is 0 Å². The molecule has 1 saturated heterocycles. The van der Waals surface area contributed by atoms with Gasteiger partial charge in [0.05, 0.1) is 11.2 Å². The van der Waals surface area contributed by atoms with Crippen molar-refractivity contribution < 1.29 is 23.5 Å². The fraction of sp³-hybridized carbons (Fsp3) is 0.357. The number of ether oxygens (including phenoxy) is 3. The van der Waals surface area contributed by atoms with Crippen LogP contribution in [0, 0.1) is 0 Å². The molecule has 5 nitrogen and oxygen atoms in total. The first kappa shape index (κ1) is 24.2. The summed E-state index contributed by atoms with van der Waals surface area (Å²) in [6.45, 7) is 12.6. The van der Waals surface area contributed by atoms with Crippen molar-refractivity contribution in [2.75, 3.05) is 6.61 Å². The Balaban J connectivity index is 0.00000133. The summed E-state index contributed by atoms with van der Waals surface area (Å²) in [5.41, 5.74) is 1.22. The molecule has 1 atom stereocenters. The Kier molecular flexibility index (Phi) is 6.92. The molecule has 0 N–H and O–H groups in total. The minimum atomic E-state index is -0.387. The molecule has 2 aliphatic heterocycles. The van der Waals surface area contributed by atoms with Gasteiger partial charge in [-0.05, 0) is 63.5 Å². The maximum absolute atomic E-state index is 6.24. The molecule has 1 fully saturated rings. The van der Waals surface area contributed by atoms with Crippen molar-refractivity contribution in [3.05, 3.63) is 78.4 Å². The Morgan fingerprint density at radius 3 is 2.06 bits per heavy atom. The normalized spacial score (nSPS) is 19.5. The summed E-state index contributed by atoms with van der Waals surface area (Å²) in [4.78, 5) is 0. The van der Waals surface area contributed by atoms with Gasteiger partial charge in [0.25, 0.3) is 0 Å². The van der Waals surface area contributed by atoms with Crippen LogP contribution in [0.15, 0.2) is 72.8 Å². The molecule has 2 heterocycles. The largest absolute Gasteiger partial charge is 0.494 e. The molecule has 178 valence electrons. The second-order valence-corrected chi connectivity index (χ2v) is 9.16. The van der Waals surface area contributed by atoms with Crippen LogP contribution in [0.2, 0.25) is 0 Å². The first-order chi connectivity index (χ1) is 16.3. The zero-order valence-electron chi connectivity index (χ0n) is 20.8. The van der Waals surface area contributed by atoms with Crippen molar-refractivity contribution in [2.45, 2.75) is 58.8 Å². The molecule has 3 aromatic carbocycles. The minimum absolute atomic E-state index is 0.202. The van der Waals surface area contributed by atoms with Gasteiger partial charge in [-0.1, -0.05) is 56.3 Å². The lowest BCUT2D eigenvalue weighted by molar-refractivity contribution is 0.00578. The van der Waals surface area contributed by atoms with Crippen LogP contribution in [-0.2, 0) is 9.31 Å².